The van der Waals surface area contributed by atoms with Crippen LogP contribution in [0.2, 0.25) is 0 Å². The summed E-state index contributed by atoms with van der Waals surface area (Å²) in [6, 6.07) is 7.29. The van der Waals surface area contributed by atoms with Gasteiger partial charge in [-0.2, -0.15) is 0 Å². The summed E-state index contributed by atoms with van der Waals surface area (Å²) >= 11 is 0. The number of hydrogen-bond acceptors (Lipinski definition) is 4. The molecule has 0 bridgehead atoms. The van der Waals surface area contributed by atoms with E-state index >= 15 is 0 Å². The third kappa shape index (κ3) is 3.28. The van der Waals surface area contributed by atoms with Crippen LogP contribution in [-0.2, 0) is 6.42 Å². The van der Waals surface area contributed by atoms with Crippen molar-refractivity contribution in [2.45, 2.75) is 32.2 Å². The van der Waals surface area contributed by atoms with E-state index in [9.17, 15) is 10.1 Å². The fourth-order valence-electron chi connectivity index (χ4n) is 2.37. The van der Waals surface area contributed by atoms with E-state index in [1.807, 2.05) is 13.0 Å². The number of aryl methyl sites for hydroxylation is 1. The van der Waals surface area contributed by atoms with Crippen LogP contribution in [0.4, 0.5) is 5.69 Å². The van der Waals surface area contributed by atoms with E-state index in [2.05, 4.69) is 15.3 Å². The van der Waals surface area contributed by atoms with Crippen molar-refractivity contribution in [1.29, 1.82) is 0 Å². The number of nitro groups is 1. The lowest BCUT2D eigenvalue weighted by molar-refractivity contribution is -0.384. The van der Waals surface area contributed by atoms with Gasteiger partial charge in [0.2, 0.25) is 0 Å². The normalized spacial score (nSPS) is 14.3. The molecular formula is C15H18N4O2. The molecule has 1 fully saturated rings. The topological polar surface area (TPSA) is 83.8 Å². The second kappa shape index (κ2) is 5.65. The van der Waals surface area contributed by atoms with Crippen LogP contribution in [0, 0.1) is 17.0 Å². The van der Waals surface area contributed by atoms with Gasteiger partial charge in [0.15, 0.2) is 0 Å². The molecule has 2 aromatic rings. The van der Waals surface area contributed by atoms with Crippen molar-refractivity contribution < 1.29 is 4.92 Å². The summed E-state index contributed by atoms with van der Waals surface area (Å²) in [5.74, 6) is 0.919. The van der Waals surface area contributed by atoms with Crippen molar-refractivity contribution in [1.82, 2.24) is 15.3 Å². The van der Waals surface area contributed by atoms with Gasteiger partial charge in [-0.25, -0.2) is 4.98 Å². The van der Waals surface area contributed by atoms with Crippen molar-refractivity contribution in [3.05, 3.63) is 45.9 Å². The monoisotopic (exact) mass is 286 g/mol. The molecule has 1 aliphatic rings. The highest BCUT2D eigenvalue weighted by Crippen LogP contribution is 2.25. The number of benzene rings is 1. The van der Waals surface area contributed by atoms with E-state index in [0.29, 0.717) is 6.04 Å². The number of nitrogens with one attached hydrogen (secondary N) is 2. The van der Waals surface area contributed by atoms with Crippen LogP contribution in [0.5, 0.6) is 0 Å². The molecule has 0 radical (unpaired) electrons. The summed E-state index contributed by atoms with van der Waals surface area (Å²) in [5, 5.41) is 14.3. The molecular weight excluding hydrogens is 268 g/mol. The van der Waals surface area contributed by atoms with Crippen LogP contribution in [0.3, 0.4) is 0 Å². The number of aromatic nitrogens is 2. The molecule has 0 aliphatic heterocycles. The van der Waals surface area contributed by atoms with Crippen molar-refractivity contribution in [3.63, 3.8) is 0 Å². The summed E-state index contributed by atoms with van der Waals surface area (Å²) in [7, 11) is 0. The summed E-state index contributed by atoms with van der Waals surface area (Å²) in [6.07, 6.45) is 3.39. The summed E-state index contributed by atoms with van der Waals surface area (Å²) < 4.78 is 0. The predicted octanol–water partition coefficient (Wildman–Crippen LogP) is 2.59. The Labute approximate surface area is 122 Å². The van der Waals surface area contributed by atoms with E-state index in [1.54, 1.807) is 12.1 Å². The predicted molar refractivity (Wildman–Crippen MR) is 80.1 cm³/mol. The van der Waals surface area contributed by atoms with Crippen LogP contribution in [0.1, 0.15) is 24.4 Å². The van der Waals surface area contributed by atoms with Gasteiger partial charge in [0.1, 0.15) is 5.82 Å². The highest BCUT2D eigenvalue weighted by molar-refractivity contribution is 5.64. The fourth-order valence-corrected chi connectivity index (χ4v) is 2.37. The molecule has 0 spiro atoms. The zero-order valence-electron chi connectivity index (χ0n) is 11.9. The Morgan fingerprint density at radius 2 is 2.29 bits per heavy atom. The molecule has 1 saturated carbocycles. The molecule has 1 heterocycles. The quantitative estimate of drug-likeness (QED) is 0.631. The Morgan fingerprint density at radius 1 is 1.48 bits per heavy atom. The maximum Gasteiger partial charge on any atom is 0.270 e. The first kappa shape index (κ1) is 13.8. The second-order valence-corrected chi connectivity index (χ2v) is 5.44. The van der Waals surface area contributed by atoms with Gasteiger partial charge in [-0.1, -0.05) is 12.1 Å². The van der Waals surface area contributed by atoms with Crippen molar-refractivity contribution >= 4 is 5.69 Å². The van der Waals surface area contributed by atoms with Gasteiger partial charge in [0.05, 0.1) is 10.6 Å². The summed E-state index contributed by atoms with van der Waals surface area (Å²) in [4.78, 5) is 18.3. The minimum Gasteiger partial charge on any atom is -0.346 e. The van der Waals surface area contributed by atoms with Gasteiger partial charge in [-0.15, -0.1) is 0 Å². The van der Waals surface area contributed by atoms with Crippen molar-refractivity contribution in [2.75, 3.05) is 6.54 Å². The van der Waals surface area contributed by atoms with Gasteiger partial charge >= 0.3 is 0 Å². The Morgan fingerprint density at radius 3 is 3.00 bits per heavy atom. The maximum atomic E-state index is 10.9. The lowest BCUT2D eigenvalue weighted by Gasteiger charge is -1.99. The number of nitro benzene ring substituents is 1. The fraction of sp³-hybridized carbons (Fsp3) is 0.400. The van der Waals surface area contributed by atoms with Crippen LogP contribution >= 0.6 is 0 Å². The SMILES string of the molecule is Cc1[nH]c(CCNC2CC2)nc1-c1cccc([N+](=O)[O-])c1. The maximum absolute atomic E-state index is 10.9. The standard InChI is InChI=1S/C15H18N4O2/c1-10-15(11-3-2-4-13(9-11)19(20)21)18-14(17-10)7-8-16-12-5-6-12/h2-4,9,12,16H,5-8H2,1H3,(H,17,18). The molecule has 0 unspecified atom stereocenters. The zero-order chi connectivity index (χ0) is 14.8. The molecule has 6 nitrogen and oxygen atoms in total. The molecule has 21 heavy (non-hydrogen) atoms. The Hall–Kier alpha value is -2.21. The number of rotatable bonds is 6. The van der Waals surface area contributed by atoms with E-state index in [-0.39, 0.29) is 10.6 Å². The number of non-ortho nitro benzene ring substituents is 1. The largest absolute Gasteiger partial charge is 0.346 e. The van der Waals surface area contributed by atoms with Crippen molar-refractivity contribution in [3.8, 4) is 11.3 Å². The third-order valence-corrected chi connectivity index (χ3v) is 3.64. The molecule has 110 valence electrons. The first-order chi connectivity index (χ1) is 10.1. The number of nitrogens with zero attached hydrogens (tertiary/aromatic N) is 2. The van der Waals surface area contributed by atoms with Crippen LogP contribution in [-0.4, -0.2) is 27.5 Å². The number of H-pyrrole nitrogens is 1. The van der Waals surface area contributed by atoms with Gasteiger partial charge in [0.25, 0.3) is 5.69 Å². The summed E-state index contributed by atoms with van der Waals surface area (Å²) in [5.41, 5.74) is 2.60. The average Bonchev–Trinajstić information content (AvgIpc) is 3.21. The molecule has 2 N–H and O–H groups in total. The van der Waals surface area contributed by atoms with Gasteiger partial charge < -0.3 is 10.3 Å². The Kier molecular flexibility index (Phi) is 3.70. The molecule has 1 aliphatic carbocycles. The molecule has 0 atom stereocenters. The third-order valence-electron chi connectivity index (χ3n) is 3.64. The van der Waals surface area contributed by atoms with Gasteiger partial charge in [-0.05, 0) is 19.8 Å². The van der Waals surface area contributed by atoms with E-state index in [0.717, 1.165) is 35.7 Å². The minimum absolute atomic E-state index is 0.0897. The van der Waals surface area contributed by atoms with Crippen LogP contribution in [0.15, 0.2) is 24.3 Å². The highest BCUT2D eigenvalue weighted by Gasteiger charge is 2.20. The molecule has 0 amide bonds. The molecule has 1 aromatic heterocycles. The average molecular weight is 286 g/mol. The smallest absolute Gasteiger partial charge is 0.270 e. The van der Waals surface area contributed by atoms with E-state index < -0.39 is 0 Å². The highest BCUT2D eigenvalue weighted by atomic mass is 16.6. The number of aromatic amines is 1. The minimum atomic E-state index is -0.383. The second-order valence-electron chi connectivity index (χ2n) is 5.44. The Bertz CT molecular complexity index is 661. The summed E-state index contributed by atoms with van der Waals surface area (Å²) in [6.45, 7) is 2.85. The lowest BCUT2D eigenvalue weighted by Crippen LogP contribution is -2.19. The van der Waals surface area contributed by atoms with Crippen LogP contribution in [0.25, 0.3) is 11.3 Å². The zero-order valence-corrected chi connectivity index (χ0v) is 11.9. The van der Waals surface area contributed by atoms with Crippen molar-refractivity contribution in [2.24, 2.45) is 0 Å². The number of imidazole rings is 1. The molecule has 6 heteroatoms. The van der Waals surface area contributed by atoms with Gasteiger partial charge in [-0.3, -0.25) is 10.1 Å². The first-order valence-electron chi connectivity index (χ1n) is 7.17. The van der Waals surface area contributed by atoms with Crippen LogP contribution < -0.4 is 5.32 Å². The van der Waals surface area contributed by atoms with Gasteiger partial charge in [0, 0.05) is 42.4 Å². The molecule has 3 rings (SSSR count). The first-order valence-corrected chi connectivity index (χ1v) is 7.17. The van der Waals surface area contributed by atoms with E-state index in [1.165, 1.54) is 18.9 Å². The lowest BCUT2D eigenvalue weighted by atomic mass is 10.1. The number of hydrogen-bond donors (Lipinski definition) is 2. The molecule has 0 saturated heterocycles. The Balaban J connectivity index is 1.76. The van der Waals surface area contributed by atoms with E-state index in [4.69, 9.17) is 0 Å². The molecule has 1 aromatic carbocycles.